The van der Waals surface area contributed by atoms with Crippen LogP contribution < -0.4 is 5.32 Å². The maximum atomic E-state index is 13.3. The maximum Gasteiger partial charge on any atom is 0.243 e. The van der Waals surface area contributed by atoms with Gasteiger partial charge in [0.1, 0.15) is 6.04 Å². The Morgan fingerprint density at radius 3 is 2.25 bits per heavy atom. The molecule has 1 N–H and O–H groups in total. The van der Waals surface area contributed by atoms with Gasteiger partial charge in [-0.15, -0.1) is 11.8 Å². The molecule has 0 bridgehead atoms. The first-order chi connectivity index (χ1) is 15.1. The zero-order valence-electron chi connectivity index (χ0n) is 18.1. The molecule has 2 rings (SSSR count). The van der Waals surface area contributed by atoms with Gasteiger partial charge in [-0.05, 0) is 55.7 Å². The van der Waals surface area contributed by atoms with Crippen molar-refractivity contribution >= 4 is 70.0 Å². The summed E-state index contributed by atoms with van der Waals surface area (Å²) in [6.07, 6.45) is 0.469. The van der Waals surface area contributed by atoms with Gasteiger partial charge in [0.15, 0.2) is 0 Å². The molecule has 0 spiro atoms. The van der Waals surface area contributed by atoms with Gasteiger partial charge in [0, 0.05) is 38.4 Å². The molecule has 0 radical (unpaired) electrons. The van der Waals surface area contributed by atoms with Crippen LogP contribution in [0.15, 0.2) is 36.4 Å². The number of thioether (sulfide) groups is 1. The zero-order valence-corrected chi connectivity index (χ0v) is 22.0. The number of carbonyl (C=O) groups is 2. The predicted octanol–water partition coefficient (Wildman–Crippen LogP) is 6.87. The van der Waals surface area contributed by atoms with Gasteiger partial charge >= 0.3 is 0 Å². The smallest absolute Gasteiger partial charge is 0.243 e. The van der Waals surface area contributed by atoms with Crippen LogP contribution in [0.2, 0.25) is 20.1 Å². The fraction of sp³-hybridized carbons (Fsp3) is 0.391. The van der Waals surface area contributed by atoms with Crippen LogP contribution in [0.4, 0.5) is 0 Å². The topological polar surface area (TPSA) is 49.4 Å². The summed E-state index contributed by atoms with van der Waals surface area (Å²) in [5.41, 5.74) is 1.50. The van der Waals surface area contributed by atoms with Crippen molar-refractivity contribution in [3.05, 3.63) is 67.6 Å². The van der Waals surface area contributed by atoms with Crippen LogP contribution in [0.1, 0.15) is 38.3 Å². The van der Waals surface area contributed by atoms with Crippen molar-refractivity contribution in [1.29, 1.82) is 0 Å². The number of rotatable bonds is 10. The Morgan fingerprint density at radius 1 is 1.03 bits per heavy atom. The molecule has 0 saturated carbocycles. The highest BCUT2D eigenvalue weighted by Gasteiger charge is 2.29. The van der Waals surface area contributed by atoms with Gasteiger partial charge in [-0.2, -0.15) is 0 Å². The van der Waals surface area contributed by atoms with Gasteiger partial charge in [0.25, 0.3) is 0 Å². The minimum absolute atomic E-state index is 0.0376. The third kappa shape index (κ3) is 7.74. The summed E-state index contributed by atoms with van der Waals surface area (Å²) >= 11 is 26.2. The van der Waals surface area contributed by atoms with E-state index in [0.717, 1.165) is 11.1 Å². The first kappa shape index (κ1) is 27.1. The molecule has 1 atom stereocenters. The third-order valence-electron chi connectivity index (χ3n) is 4.71. The van der Waals surface area contributed by atoms with Gasteiger partial charge in [0.05, 0.1) is 5.75 Å². The minimum atomic E-state index is -0.624. The van der Waals surface area contributed by atoms with Gasteiger partial charge in [-0.3, -0.25) is 9.59 Å². The van der Waals surface area contributed by atoms with E-state index in [2.05, 4.69) is 5.32 Å². The molecule has 2 amide bonds. The van der Waals surface area contributed by atoms with E-state index in [4.69, 9.17) is 46.4 Å². The van der Waals surface area contributed by atoms with Gasteiger partial charge in [-0.1, -0.05) is 65.5 Å². The molecular formula is C23H26Cl4N2O2S. The maximum absolute atomic E-state index is 13.3. The molecule has 0 aliphatic rings. The first-order valence-corrected chi connectivity index (χ1v) is 12.8. The molecular weight excluding hydrogens is 510 g/mol. The summed E-state index contributed by atoms with van der Waals surface area (Å²) in [5, 5.41) is 4.98. The highest BCUT2D eigenvalue weighted by Crippen LogP contribution is 2.29. The fourth-order valence-corrected chi connectivity index (χ4v) is 5.24. The van der Waals surface area contributed by atoms with E-state index in [-0.39, 0.29) is 30.2 Å². The van der Waals surface area contributed by atoms with Gasteiger partial charge in [0.2, 0.25) is 11.8 Å². The quantitative estimate of drug-likeness (QED) is 0.361. The fourth-order valence-electron chi connectivity index (χ4n) is 3.13. The van der Waals surface area contributed by atoms with Gasteiger partial charge in [-0.25, -0.2) is 0 Å². The number of nitrogens with one attached hydrogen (secondary N) is 1. The lowest BCUT2D eigenvalue weighted by Gasteiger charge is -2.31. The summed E-state index contributed by atoms with van der Waals surface area (Å²) in [4.78, 5) is 27.7. The van der Waals surface area contributed by atoms with Crippen LogP contribution >= 0.6 is 58.2 Å². The van der Waals surface area contributed by atoms with Crippen molar-refractivity contribution in [2.24, 2.45) is 0 Å². The Bertz CT molecular complexity index is 935. The SMILES string of the molecule is CC[C@H](C(=O)NC(C)C)N(Cc1ccc(Cl)cc1Cl)C(=O)CSCc1c(Cl)cccc1Cl. The molecule has 32 heavy (non-hydrogen) atoms. The second kappa shape index (κ2) is 13.0. The second-order valence-corrected chi connectivity index (χ2v) is 10.2. The Morgan fingerprint density at radius 2 is 1.69 bits per heavy atom. The van der Waals surface area contributed by atoms with Crippen LogP contribution in [0.25, 0.3) is 0 Å². The number of nitrogens with zero attached hydrogens (tertiary/aromatic N) is 1. The first-order valence-electron chi connectivity index (χ1n) is 10.2. The van der Waals surface area contributed by atoms with Crippen LogP contribution in [0, 0.1) is 0 Å². The predicted molar refractivity (Wildman–Crippen MR) is 137 cm³/mol. The van der Waals surface area contributed by atoms with Crippen molar-refractivity contribution < 1.29 is 9.59 Å². The van der Waals surface area contributed by atoms with Gasteiger partial charge < -0.3 is 10.2 Å². The molecule has 174 valence electrons. The number of carbonyl (C=O) groups excluding carboxylic acids is 2. The standard InChI is InChI=1S/C23H26Cl4N2O2S/c1-4-21(23(31)28-14(2)3)29(11-15-8-9-16(24)10-20(15)27)22(30)13-32-12-17-18(25)6-5-7-19(17)26/h5-10,14,21H,4,11-13H2,1-3H3,(H,28,31)/t21-/m1/s1. The third-order valence-corrected chi connectivity index (χ3v) is 6.95. The molecule has 4 nitrogen and oxygen atoms in total. The number of benzene rings is 2. The van der Waals surface area contributed by atoms with E-state index in [0.29, 0.717) is 32.3 Å². The highest BCUT2D eigenvalue weighted by molar-refractivity contribution is 7.99. The number of halogens is 4. The normalized spacial score (nSPS) is 12.0. The van der Waals surface area contributed by atoms with Crippen molar-refractivity contribution in [1.82, 2.24) is 10.2 Å². The lowest BCUT2D eigenvalue weighted by atomic mass is 10.1. The van der Waals surface area contributed by atoms with E-state index >= 15 is 0 Å². The van der Waals surface area contributed by atoms with Crippen molar-refractivity contribution in [2.45, 2.75) is 51.6 Å². The second-order valence-electron chi connectivity index (χ2n) is 7.54. The average molecular weight is 536 g/mol. The number of hydrogen-bond donors (Lipinski definition) is 1. The Hall–Kier alpha value is -1.11. The molecule has 2 aromatic rings. The lowest BCUT2D eigenvalue weighted by molar-refractivity contribution is -0.139. The van der Waals surface area contributed by atoms with Crippen molar-refractivity contribution in [3.63, 3.8) is 0 Å². The molecule has 0 fully saturated rings. The molecule has 2 aromatic carbocycles. The summed E-state index contributed by atoms with van der Waals surface area (Å²) in [5.74, 6) is 0.280. The Balaban J connectivity index is 2.21. The van der Waals surface area contributed by atoms with E-state index in [1.54, 1.807) is 41.3 Å². The van der Waals surface area contributed by atoms with E-state index in [1.807, 2.05) is 20.8 Å². The molecule has 0 aliphatic carbocycles. The lowest BCUT2D eigenvalue weighted by Crippen LogP contribution is -2.51. The molecule has 0 aliphatic heterocycles. The summed E-state index contributed by atoms with van der Waals surface area (Å²) in [6.45, 7) is 5.85. The zero-order chi connectivity index (χ0) is 23.8. The Labute approximate surface area is 213 Å². The van der Waals surface area contributed by atoms with E-state index < -0.39 is 6.04 Å². The van der Waals surface area contributed by atoms with Crippen molar-refractivity contribution in [3.8, 4) is 0 Å². The molecule has 9 heteroatoms. The van der Waals surface area contributed by atoms with E-state index in [9.17, 15) is 9.59 Å². The molecule has 0 heterocycles. The highest BCUT2D eigenvalue weighted by atomic mass is 35.5. The number of hydrogen-bond acceptors (Lipinski definition) is 3. The van der Waals surface area contributed by atoms with Crippen LogP contribution in [-0.4, -0.2) is 34.6 Å². The number of amides is 2. The molecule has 0 aromatic heterocycles. The largest absolute Gasteiger partial charge is 0.352 e. The van der Waals surface area contributed by atoms with Crippen LogP contribution in [-0.2, 0) is 21.9 Å². The monoisotopic (exact) mass is 534 g/mol. The Kier molecular flexibility index (Phi) is 11.0. The van der Waals surface area contributed by atoms with E-state index in [1.165, 1.54) is 11.8 Å². The summed E-state index contributed by atoms with van der Waals surface area (Å²) in [7, 11) is 0. The van der Waals surface area contributed by atoms with Crippen LogP contribution in [0.5, 0.6) is 0 Å². The van der Waals surface area contributed by atoms with Crippen LogP contribution in [0.3, 0.4) is 0 Å². The molecule has 0 saturated heterocycles. The minimum Gasteiger partial charge on any atom is -0.352 e. The van der Waals surface area contributed by atoms with Crippen molar-refractivity contribution in [2.75, 3.05) is 5.75 Å². The summed E-state index contributed by atoms with van der Waals surface area (Å²) < 4.78 is 0. The average Bonchev–Trinajstić information content (AvgIpc) is 2.71. The summed E-state index contributed by atoms with van der Waals surface area (Å²) in [6, 6.07) is 9.77. The molecule has 0 unspecified atom stereocenters.